The van der Waals surface area contributed by atoms with E-state index in [0.29, 0.717) is 0 Å². The number of aromatic nitrogens is 1. The van der Waals surface area contributed by atoms with E-state index in [-0.39, 0.29) is 4.75 Å². The molecule has 0 aliphatic carbocycles. The number of hydrogen-bond acceptors (Lipinski definition) is 3. The van der Waals surface area contributed by atoms with Gasteiger partial charge in [0, 0.05) is 16.5 Å². The predicted molar refractivity (Wildman–Crippen MR) is 103 cm³/mol. The average molecular weight is 336 g/mol. The molecule has 3 aromatic rings. The minimum atomic E-state index is -1.29. The monoisotopic (exact) mass is 336 g/mol. The van der Waals surface area contributed by atoms with Gasteiger partial charge in [-0.2, -0.15) is 0 Å². The van der Waals surface area contributed by atoms with Gasteiger partial charge < -0.3 is 4.55 Å². The molecule has 4 heteroatoms. The minimum absolute atomic E-state index is 0.381. The minimum Gasteiger partial charge on any atom is -0.591 e. The van der Waals surface area contributed by atoms with Gasteiger partial charge in [0.15, 0.2) is 0 Å². The predicted octanol–water partition coefficient (Wildman–Crippen LogP) is 4.78. The van der Waals surface area contributed by atoms with Gasteiger partial charge in [-0.3, -0.25) is 0 Å². The molecule has 3 nitrogen and oxygen atoms in total. The summed E-state index contributed by atoms with van der Waals surface area (Å²) in [5.74, 6) is 0. The van der Waals surface area contributed by atoms with Crippen molar-refractivity contribution in [1.82, 2.24) is 4.98 Å². The molecule has 0 bridgehead atoms. The van der Waals surface area contributed by atoms with Crippen LogP contribution in [0.1, 0.15) is 26.3 Å². The first-order valence-electron chi connectivity index (χ1n) is 7.86. The van der Waals surface area contributed by atoms with Crippen molar-refractivity contribution in [2.75, 3.05) is 0 Å². The Labute approximate surface area is 145 Å². The highest BCUT2D eigenvalue weighted by Gasteiger charge is 2.26. The van der Waals surface area contributed by atoms with Crippen molar-refractivity contribution < 1.29 is 4.55 Å². The zero-order valence-corrected chi connectivity index (χ0v) is 14.9. The molecule has 24 heavy (non-hydrogen) atoms. The highest BCUT2D eigenvalue weighted by atomic mass is 32.2. The Bertz CT molecular complexity index is 870. The highest BCUT2D eigenvalue weighted by molar-refractivity contribution is 7.91. The summed E-state index contributed by atoms with van der Waals surface area (Å²) >= 11 is -1.29. The van der Waals surface area contributed by atoms with Crippen LogP contribution in [0.25, 0.3) is 22.2 Å². The van der Waals surface area contributed by atoms with Crippen LogP contribution in [0, 0.1) is 0 Å². The molecule has 0 saturated carbocycles. The molecule has 2 aromatic carbocycles. The Morgan fingerprint density at radius 3 is 2.38 bits per heavy atom. The van der Waals surface area contributed by atoms with Crippen molar-refractivity contribution in [3.05, 3.63) is 66.2 Å². The van der Waals surface area contributed by atoms with Crippen molar-refractivity contribution in [3.8, 4) is 11.3 Å². The van der Waals surface area contributed by atoms with Crippen LogP contribution in [0.3, 0.4) is 0 Å². The van der Waals surface area contributed by atoms with Gasteiger partial charge in [-0.1, -0.05) is 52.9 Å². The van der Waals surface area contributed by atoms with Crippen LogP contribution >= 0.6 is 0 Å². The lowest BCUT2D eigenvalue weighted by atomic mass is 10.0. The van der Waals surface area contributed by atoms with E-state index < -0.39 is 11.4 Å². The van der Waals surface area contributed by atoms with Gasteiger partial charge in [0.05, 0.1) is 17.4 Å². The van der Waals surface area contributed by atoms with Gasteiger partial charge in [0.1, 0.15) is 16.1 Å². The van der Waals surface area contributed by atoms with Crippen LogP contribution in [-0.4, -0.2) is 20.5 Å². The van der Waals surface area contributed by atoms with Gasteiger partial charge in [-0.25, -0.2) is 4.98 Å². The molecule has 1 atom stereocenters. The maximum atomic E-state index is 12.2. The summed E-state index contributed by atoms with van der Waals surface area (Å²) in [4.78, 5) is 4.80. The molecular formula is C20H20N2OS. The van der Waals surface area contributed by atoms with E-state index >= 15 is 0 Å². The molecule has 1 aromatic heterocycles. The summed E-state index contributed by atoms with van der Waals surface area (Å²) in [7, 11) is 0. The summed E-state index contributed by atoms with van der Waals surface area (Å²) in [6, 6.07) is 20.0. The first-order chi connectivity index (χ1) is 11.4. The summed E-state index contributed by atoms with van der Waals surface area (Å²) in [6.07, 6.45) is 1.68. The number of para-hydroxylation sites is 1. The van der Waals surface area contributed by atoms with E-state index in [9.17, 15) is 4.55 Å². The lowest BCUT2D eigenvalue weighted by Crippen LogP contribution is -2.25. The van der Waals surface area contributed by atoms with Crippen molar-refractivity contribution in [1.29, 1.82) is 0 Å². The molecule has 1 heterocycles. The van der Waals surface area contributed by atoms with Gasteiger partial charge in [0.2, 0.25) is 0 Å². The van der Waals surface area contributed by atoms with Crippen LogP contribution < -0.4 is 0 Å². The number of rotatable bonds is 3. The fourth-order valence-corrected chi connectivity index (χ4v) is 2.85. The molecule has 0 unspecified atom stereocenters. The maximum Gasteiger partial charge on any atom is 0.144 e. The smallest absolute Gasteiger partial charge is 0.144 e. The topological polar surface area (TPSA) is 48.3 Å². The van der Waals surface area contributed by atoms with Crippen molar-refractivity contribution in [2.45, 2.75) is 25.5 Å². The van der Waals surface area contributed by atoms with Crippen molar-refractivity contribution in [3.63, 3.8) is 0 Å². The SMILES string of the molecule is CC(C)(C)[S@@+]([O-])/N=C/c1cc2ccccc2nc1-c1ccccc1. The number of pyridine rings is 1. The molecule has 0 radical (unpaired) electrons. The summed E-state index contributed by atoms with van der Waals surface area (Å²) in [6.45, 7) is 5.74. The third-order valence-corrected chi connectivity index (χ3v) is 4.96. The second kappa shape index (κ2) is 6.75. The van der Waals surface area contributed by atoms with Gasteiger partial charge >= 0.3 is 0 Å². The molecule has 0 N–H and O–H groups in total. The first-order valence-corrected chi connectivity index (χ1v) is 8.97. The first kappa shape index (κ1) is 16.7. The fraction of sp³-hybridized carbons (Fsp3) is 0.200. The molecule has 122 valence electrons. The standard InChI is InChI=1S/C20H20N2OS/c1-20(2,3)24(23)21-14-17-13-16-11-7-8-12-18(16)22-19(17)15-9-5-4-6-10-15/h4-14H,1-3H3/b21-14+/t24-/m1/s1. The fourth-order valence-electron chi connectivity index (χ4n) is 2.32. The molecule has 0 amide bonds. The summed E-state index contributed by atoms with van der Waals surface area (Å²) in [5.41, 5.74) is 3.68. The van der Waals surface area contributed by atoms with Gasteiger partial charge in [-0.15, -0.1) is 0 Å². The Hall–Kier alpha value is -2.17. The second-order valence-corrected chi connectivity index (χ2v) is 8.51. The van der Waals surface area contributed by atoms with Crippen molar-refractivity contribution >= 4 is 28.5 Å². The van der Waals surface area contributed by atoms with Crippen LogP contribution in [0.2, 0.25) is 0 Å². The van der Waals surface area contributed by atoms with Crippen LogP contribution in [0.15, 0.2) is 65.1 Å². The lowest BCUT2D eigenvalue weighted by Gasteiger charge is -2.18. The van der Waals surface area contributed by atoms with Crippen molar-refractivity contribution in [2.24, 2.45) is 4.40 Å². The summed E-state index contributed by atoms with van der Waals surface area (Å²) < 4.78 is 16.1. The number of fused-ring (bicyclic) bond motifs is 1. The Morgan fingerprint density at radius 2 is 1.67 bits per heavy atom. The normalized spacial score (nSPS) is 13.5. The number of benzene rings is 2. The van der Waals surface area contributed by atoms with E-state index in [1.54, 1.807) is 6.21 Å². The van der Waals surface area contributed by atoms with Gasteiger partial charge in [0.25, 0.3) is 0 Å². The van der Waals surface area contributed by atoms with E-state index in [0.717, 1.165) is 27.7 Å². The zero-order chi connectivity index (χ0) is 17.2. The van der Waals surface area contributed by atoms with Crippen LogP contribution in [0.5, 0.6) is 0 Å². The Kier molecular flexibility index (Phi) is 4.69. The zero-order valence-electron chi connectivity index (χ0n) is 14.1. The Morgan fingerprint density at radius 1 is 1.00 bits per heavy atom. The molecule has 0 aliphatic heterocycles. The van der Waals surface area contributed by atoms with E-state index in [1.165, 1.54) is 0 Å². The largest absolute Gasteiger partial charge is 0.591 e. The summed E-state index contributed by atoms with van der Waals surface area (Å²) in [5, 5.41) is 1.04. The van der Waals surface area contributed by atoms with Crippen LogP contribution in [0.4, 0.5) is 0 Å². The lowest BCUT2D eigenvalue weighted by molar-refractivity contribution is 0.562. The second-order valence-electron chi connectivity index (χ2n) is 6.58. The quantitative estimate of drug-likeness (QED) is 0.510. The molecular weight excluding hydrogens is 316 g/mol. The van der Waals surface area contributed by atoms with E-state index in [2.05, 4.69) is 4.40 Å². The van der Waals surface area contributed by atoms with E-state index in [1.807, 2.05) is 81.4 Å². The van der Waals surface area contributed by atoms with Gasteiger partial charge in [-0.05, 0) is 32.9 Å². The Balaban J connectivity index is 2.12. The van der Waals surface area contributed by atoms with Crippen LogP contribution in [-0.2, 0) is 11.4 Å². The number of hydrogen-bond donors (Lipinski definition) is 0. The third-order valence-electron chi connectivity index (χ3n) is 3.61. The molecule has 0 aliphatic rings. The molecule has 0 spiro atoms. The number of nitrogens with zero attached hydrogens (tertiary/aromatic N) is 2. The maximum absolute atomic E-state index is 12.2. The highest BCUT2D eigenvalue weighted by Crippen LogP contribution is 2.25. The van der Waals surface area contributed by atoms with E-state index in [4.69, 9.17) is 4.98 Å². The molecule has 3 rings (SSSR count). The average Bonchev–Trinajstić information content (AvgIpc) is 2.58. The third kappa shape index (κ3) is 3.66. The molecule has 0 saturated heterocycles. The molecule has 0 fully saturated rings.